The van der Waals surface area contributed by atoms with E-state index in [1.54, 1.807) is 18.2 Å². The molecule has 0 aliphatic carbocycles. The van der Waals surface area contributed by atoms with Crippen molar-refractivity contribution in [2.45, 2.75) is 13.8 Å². The van der Waals surface area contributed by atoms with E-state index in [1.165, 1.54) is 12.1 Å². The molecule has 0 aromatic heterocycles. The Bertz CT molecular complexity index is 878. The number of imide groups is 1. The number of carbonyl (C=O) groups excluding carboxylic acids is 2. The van der Waals surface area contributed by atoms with Gasteiger partial charge in [0.15, 0.2) is 0 Å². The van der Waals surface area contributed by atoms with Crippen molar-refractivity contribution < 1.29 is 14.0 Å². The lowest BCUT2D eigenvalue weighted by Gasteiger charge is -2.20. The van der Waals surface area contributed by atoms with Crippen molar-refractivity contribution in [3.05, 3.63) is 64.8 Å². The van der Waals surface area contributed by atoms with E-state index in [-0.39, 0.29) is 23.6 Å². The number of nitrogens with zero attached hydrogens (tertiary/aromatic N) is 2. The van der Waals surface area contributed by atoms with Crippen molar-refractivity contribution in [3.8, 4) is 0 Å². The van der Waals surface area contributed by atoms with Crippen LogP contribution in [0, 0.1) is 5.82 Å². The average Bonchev–Trinajstić information content (AvgIpc) is 2.96. The number of anilines is 2. The largest absolute Gasteiger partial charge is 0.372 e. The molecule has 5 nitrogen and oxygen atoms in total. The van der Waals surface area contributed by atoms with Crippen LogP contribution in [0.25, 0.3) is 6.08 Å². The van der Waals surface area contributed by atoms with Crippen LogP contribution in [-0.2, 0) is 4.79 Å². The van der Waals surface area contributed by atoms with Gasteiger partial charge in [0, 0.05) is 24.5 Å². The maximum atomic E-state index is 13.0. The number of rotatable bonds is 7. The van der Waals surface area contributed by atoms with Gasteiger partial charge in [-0.2, -0.15) is 0 Å². The van der Waals surface area contributed by atoms with Crippen molar-refractivity contribution in [1.29, 1.82) is 0 Å². The molecule has 28 heavy (non-hydrogen) atoms. The molecule has 0 atom stereocenters. The lowest BCUT2D eigenvalue weighted by atomic mass is 10.1. The first-order valence-corrected chi connectivity index (χ1v) is 9.93. The lowest BCUT2D eigenvalue weighted by molar-refractivity contribution is -0.122. The topological polar surface area (TPSA) is 52.7 Å². The van der Waals surface area contributed by atoms with Crippen LogP contribution in [-0.4, -0.2) is 35.8 Å². The third-order valence-electron chi connectivity index (χ3n) is 4.48. The van der Waals surface area contributed by atoms with Crippen LogP contribution in [0.15, 0.2) is 53.4 Å². The fourth-order valence-electron chi connectivity index (χ4n) is 2.90. The van der Waals surface area contributed by atoms with E-state index in [0.717, 1.165) is 41.0 Å². The molecule has 146 valence electrons. The van der Waals surface area contributed by atoms with Gasteiger partial charge in [0.2, 0.25) is 0 Å². The Kier molecular flexibility index (Phi) is 6.36. The molecule has 1 N–H and O–H groups in total. The summed E-state index contributed by atoms with van der Waals surface area (Å²) < 4.78 is 13.0. The number of nitrogens with one attached hydrogen (secondary N) is 1. The maximum Gasteiger partial charge on any atom is 0.295 e. The van der Waals surface area contributed by atoms with Crippen molar-refractivity contribution >= 4 is 40.4 Å². The summed E-state index contributed by atoms with van der Waals surface area (Å²) in [5.41, 5.74) is 2.63. The van der Waals surface area contributed by atoms with Gasteiger partial charge in [0.25, 0.3) is 11.1 Å². The molecule has 2 aromatic rings. The Balaban J connectivity index is 1.67. The average molecular weight is 399 g/mol. The smallest absolute Gasteiger partial charge is 0.295 e. The normalized spacial score (nSPS) is 15.4. The molecule has 1 fully saturated rings. The van der Waals surface area contributed by atoms with Gasteiger partial charge >= 0.3 is 0 Å². The quantitative estimate of drug-likeness (QED) is 0.679. The second-order valence-corrected chi connectivity index (χ2v) is 7.21. The summed E-state index contributed by atoms with van der Waals surface area (Å²) in [7, 11) is 0. The maximum absolute atomic E-state index is 13.0. The number of hydrogen-bond donors (Lipinski definition) is 1. The molecular formula is C21H22FN3O2S. The number of thioether (sulfide) groups is 1. The minimum Gasteiger partial charge on any atom is -0.372 e. The molecule has 7 heteroatoms. The van der Waals surface area contributed by atoms with Crippen LogP contribution < -0.4 is 10.2 Å². The Labute approximate surface area is 168 Å². The molecule has 0 saturated carbocycles. The molecule has 1 heterocycles. The predicted octanol–water partition coefficient (Wildman–Crippen LogP) is 4.78. The first kappa shape index (κ1) is 19.9. The van der Waals surface area contributed by atoms with Crippen molar-refractivity contribution in [3.63, 3.8) is 0 Å². The Hall–Kier alpha value is -2.80. The van der Waals surface area contributed by atoms with Crippen LogP contribution in [0.4, 0.5) is 20.6 Å². The summed E-state index contributed by atoms with van der Waals surface area (Å²) in [6, 6.07) is 13.7. The monoisotopic (exact) mass is 399 g/mol. The highest BCUT2D eigenvalue weighted by atomic mass is 32.2. The van der Waals surface area contributed by atoms with Crippen LogP contribution in [0.2, 0.25) is 0 Å². The molecule has 1 aliphatic heterocycles. The standard InChI is InChI=1S/C21H22FN3O2S/c1-3-24(4-2)18-11-5-15(6-12-18)13-19-20(26)25(21(27)28-19)14-23-17-9-7-16(22)8-10-17/h5-13,23H,3-4,14H2,1-2H3. The molecule has 1 saturated heterocycles. The number of carbonyl (C=O) groups is 2. The first-order valence-electron chi connectivity index (χ1n) is 9.11. The summed E-state index contributed by atoms with van der Waals surface area (Å²) in [5, 5.41) is 2.64. The molecule has 0 spiro atoms. The Morgan fingerprint density at radius 2 is 1.68 bits per heavy atom. The zero-order valence-corrected chi connectivity index (χ0v) is 16.6. The van der Waals surface area contributed by atoms with Gasteiger partial charge in [-0.1, -0.05) is 12.1 Å². The summed E-state index contributed by atoms with van der Waals surface area (Å²) >= 11 is 0.922. The molecule has 1 aliphatic rings. The third kappa shape index (κ3) is 4.54. The van der Waals surface area contributed by atoms with Crippen molar-refractivity contribution in [1.82, 2.24) is 4.90 Å². The Morgan fingerprint density at radius 3 is 2.29 bits per heavy atom. The van der Waals surface area contributed by atoms with Gasteiger partial charge in [-0.25, -0.2) is 4.39 Å². The van der Waals surface area contributed by atoms with E-state index < -0.39 is 0 Å². The van der Waals surface area contributed by atoms with Crippen LogP contribution >= 0.6 is 11.8 Å². The van der Waals surface area contributed by atoms with Crippen LogP contribution in [0.1, 0.15) is 19.4 Å². The van der Waals surface area contributed by atoms with E-state index in [0.29, 0.717) is 10.6 Å². The van der Waals surface area contributed by atoms with E-state index in [2.05, 4.69) is 24.1 Å². The van der Waals surface area contributed by atoms with Gasteiger partial charge in [-0.3, -0.25) is 14.5 Å². The summed E-state index contributed by atoms with van der Waals surface area (Å²) in [5.74, 6) is -0.677. The summed E-state index contributed by atoms with van der Waals surface area (Å²) in [6.45, 7) is 6.10. The SMILES string of the molecule is CCN(CC)c1ccc(C=C2SC(=O)N(CNc3ccc(F)cc3)C2=O)cc1. The molecule has 0 bridgehead atoms. The van der Waals surface area contributed by atoms with E-state index in [4.69, 9.17) is 0 Å². The van der Waals surface area contributed by atoms with Gasteiger partial charge < -0.3 is 10.2 Å². The highest BCUT2D eigenvalue weighted by Gasteiger charge is 2.34. The number of hydrogen-bond acceptors (Lipinski definition) is 5. The minimum atomic E-state index is -0.341. The van der Waals surface area contributed by atoms with E-state index in [1.807, 2.05) is 24.3 Å². The molecule has 2 amide bonds. The van der Waals surface area contributed by atoms with Crippen molar-refractivity contribution in [2.75, 3.05) is 30.0 Å². The Morgan fingerprint density at radius 1 is 1.04 bits per heavy atom. The molecular weight excluding hydrogens is 377 g/mol. The summed E-state index contributed by atoms with van der Waals surface area (Å²) in [4.78, 5) is 28.5. The molecule has 0 unspecified atom stereocenters. The second-order valence-electron chi connectivity index (χ2n) is 6.22. The number of amides is 2. The second kappa shape index (κ2) is 8.93. The highest BCUT2D eigenvalue weighted by Crippen LogP contribution is 2.32. The third-order valence-corrected chi connectivity index (χ3v) is 5.39. The summed E-state index contributed by atoms with van der Waals surface area (Å²) in [6.07, 6.45) is 1.73. The lowest BCUT2D eigenvalue weighted by Crippen LogP contribution is -2.33. The van der Waals surface area contributed by atoms with Gasteiger partial charge in [-0.05, 0) is 73.6 Å². The zero-order valence-electron chi connectivity index (χ0n) is 15.8. The van der Waals surface area contributed by atoms with Crippen LogP contribution in [0.3, 0.4) is 0 Å². The number of benzene rings is 2. The van der Waals surface area contributed by atoms with E-state index >= 15 is 0 Å². The first-order chi connectivity index (χ1) is 13.5. The zero-order chi connectivity index (χ0) is 20.1. The minimum absolute atomic E-state index is 0.0362. The van der Waals surface area contributed by atoms with Crippen LogP contribution in [0.5, 0.6) is 0 Å². The molecule has 3 rings (SSSR count). The number of halogens is 1. The molecule has 0 radical (unpaired) electrons. The van der Waals surface area contributed by atoms with Gasteiger partial charge in [0.1, 0.15) is 5.82 Å². The predicted molar refractivity (Wildman–Crippen MR) is 113 cm³/mol. The fraction of sp³-hybridized carbons (Fsp3) is 0.238. The highest BCUT2D eigenvalue weighted by molar-refractivity contribution is 8.18. The fourth-order valence-corrected chi connectivity index (χ4v) is 3.73. The molecule has 2 aromatic carbocycles. The van der Waals surface area contributed by atoms with Crippen molar-refractivity contribution in [2.24, 2.45) is 0 Å². The van der Waals surface area contributed by atoms with Gasteiger partial charge in [0.05, 0.1) is 11.6 Å². The van der Waals surface area contributed by atoms with E-state index in [9.17, 15) is 14.0 Å². The van der Waals surface area contributed by atoms with Gasteiger partial charge in [-0.15, -0.1) is 0 Å².